The van der Waals surface area contributed by atoms with Crippen LogP contribution in [0.4, 0.5) is 0 Å². The van der Waals surface area contributed by atoms with Gasteiger partial charge in [0.15, 0.2) is 17.6 Å². The number of carbonyl (C=O) groups excluding carboxylic acids is 2. The number of amides is 1. The highest BCUT2D eigenvalue weighted by atomic mass is 16.6. The van der Waals surface area contributed by atoms with Crippen molar-refractivity contribution in [3.8, 4) is 11.5 Å². The average Bonchev–Trinajstić information content (AvgIpc) is 3.18. The highest BCUT2D eigenvalue weighted by Crippen LogP contribution is 2.67. The van der Waals surface area contributed by atoms with Crippen LogP contribution in [0.2, 0.25) is 0 Å². The van der Waals surface area contributed by atoms with Crippen LogP contribution in [-0.4, -0.2) is 64.1 Å². The largest absolute Gasteiger partial charge is 0.493 e. The molecule has 36 heavy (non-hydrogen) atoms. The van der Waals surface area contributed by atoms with E-state index in [1.54, 1.807) is 13.2 Å². The molecule has 0 aromatic heterocycles. The van der Waals surface area contributed by atoms with Gasteiger partial charge in [-0.15, -0.1) is 0 Å². The number of aliphatic hydroxyl groups is 2. The third-order valence-corrected chi connectivity index (χ3v) is 8.33. The molecule has 3 aliphatic carbocycles. The molecule has 1 fully saturated rings. The first-order valence-corrected chi connectivity index (χ1v) is 12.3. The molecule has 1 saturated carbocycles. The summed E-state index contributed by atoms with van der Waals surface area (Å²) in [5.74, 6) is -1.32. The van der Waals surface area contributed by atoms with Crippen LogP contribution < -0.4 is 14.8 Å². The van der Waals surface area contributed by atoms with Crippen molar-refractivity contribution < 1.29 is 43.9 Å². The number of carboxylic acid groups (broad SMARTS) is 1. The number of hydrogen-bond acceptors (Lipinski definition) is 8. The van der Waals surface area contributed by atoms with Crippen LogP contribution in [0.5, 0.6) is 11.5 Å². The number of ether oxygens (including phenoxy) is 3. The summed E-state index contributed by atoms with van der Waals surface area (Å²) in [6, 6.07) is 2.55. The van der Waals surface area contributed by atoms with Crippen molar-refractivity contribution in [3.05, 3.63) is 35.1 Å². The van der Waals surface area contributed by atoms with Crippen LogP contribution in [0, 0.1) is 5.92 Å². The standard InChI is InChI=1S/C26H31NO9/c1-13(28)23(30)27-16(24(31)32)6-8-19(29)35-18-9-11-26(33)15-4-3-10-25(26)20-14(12-15)5-7-17(34-2)21(20)36-22(18)25/h5,7,9,13,15-16,22,28,33H,3-4,6,8,10-12H2,1-2H3,(H,27,30)(H,31,32)/t13-,15-,16-,22+,25+,26-/m0/s1. The van der Waals surface area contributed by atoms with E-state index in [9.17, 15) is 29.7 Å². The van der Waals surface area contributed by atoms with E-state index in [0.717, 1.165) is 30.4 Å². The van der Waals surface area contributed by atoms with E-state index >= 15 is 0 Å². The molecule has 0 saturated heterocycles. The van der Waals surface area contributed by atoms with Crippen LogP contribution >= 0.6 is 0 Å². The van der Waals surface area contributed by atoms with Gasteiger partial charge in [0.25, 0.3) is 0 Å². The number of hydrogen-bond donors (Lipinski definition) is 4. The molecule has 1 aromatic rings. The number of nitrogens with one attached hydrogen (secondary N) is 1. The van der Waals surface area contributed by atoms with Gasteiger partial charge in [0.2, 0.25) is 5.91 Å². The highest BCUT2D eigenvalue weighted by molar-refractivity contribution is 5.86. The molecule has 1 heterocycles. The van der Waals surface area contributed by atoms with Gasteiger partial charge in [-0.05, 0) is 62.7 Å². The fourth-order valence-corrected chi connectivity index (χ4v) is 6.68. The minimum atomic E-state index is -1.37. The summed E-state index contributed by atoms with van der Waals surface area (Å²) in [6.45, 7) is 1.22. The zero-order chi connectivity index (χ0) is 25.8. The van der Waals surface area contributed by atoms with Gasteiger partial charge < -0.3 is 34.8 Å². The maximum atomic E-state index is 12.8. The number of aliphatic carboxylic acids is 1. The van der Waals surface area contributed by atoms with Crippen molar-refractivity contribution in [1.29, 1.82) is 0 Å². The van der Waals surface area contributed by atoms with Gasteiger partial charge in [0.1, 0.15) is 17.9 Å². The van der Waals surface area contributed by atoms with Gasteiger partial charge in [0, 0.05) is 12.0 Å². The van der Waals surface area contributed by atoms with E-state index in [-0.39, 0.29) is 18.8 Å². The van der Waals surface area contributed by atoms with Crippen LogP contribution in [-0.2, 0) is 31.0 Å². The molecule has 1 amide bonds. The summed E-state index contributed by atoms with van der Waals surface area (Å²) >= 11 is 0. The number of benzene rings is 1. The van der Waals surface area contributed by atoms with Crippen LogP contribution in [0.3, 0.4) is 0 Å². The molecule has 10 heteroatoms. The van der Waals surface area contributed by atoms with Gasteiger partial charge in [-0.1, -0.05) is 12.5 Å². The zero-order valence-corrected chi connectivity index (χ0v) is 20.3. The maximum Gasteiger partial charge on any atom is 0.326 e. The molecular formula is C26H31NO9. The minimum absolute atomic E-state index is 0.0616. The zero-order valence-electron chi connectivity index (χ0n) is 20.3. The average molecular weight is 502 g/mol. The lowest BCUT2D eigenvalue weighted by Crippen LogP contribution is -2.67. The second kappa shape index (κ2) is 8.77. The number of carbonyl (C=O) groups is 3. The molecule has 2 bridgehead atoms. The monoisotopic (exact) mass is 501 g/mol. The molecule has 1 aliphatic heterocycles. The normalized spacial score (nSPS) is 30.7. The van der Waals surface area contributed by atoms with Crippen LogP contribution in [0.1, 0.15) is 56.6 Å². The first-order chi connectivity index (χ1) is 17.1. The molecule has 4 aliphatic rings. The summed E-state index contributed by atoms with van der Waals surface area (Å²) in [5.41, 5.74) is 0.273. The van der Waals surface area contributed by atoms with Gasteiger partial charge in [-0.2, -0.15) is 0 Å². The fourth-order valence-electron chi connectivity index (χ4n) is 6.68. The predicted molar refractivity (Wildman–Crippen MR) is 124 cm³/mol. The molecule has 10 nitrogen and oxygen atoms in total. The van der Waals surface area contributed by atoms with E-state index in [1.807, 2.05) is 12.1 Å². The Balaban J connectivity index is 1.39. The molecule has 194 valence electrons. The number of aliphatic hydroxyl groups excluding tert-OH is 1. The fraction of sp³-hybridized carbons (Fsp3) is 0.577. The smallest absolute Gasteiger partial charge is 0.326 e. The molecule has 5 rings (SSSR count). The Morgan fingerprint density at radius 1 is 1.31 bits per heavy atom. The Morgan fingerprint density at radius 3 is 2.78 bits per heavy atom. The SMILES string of the molecule is COc1ccc2c3c1O[C@@H]1C(OC(=O)CC[C@H](NC(=O)[C@H](C)O)C(=O)O)=CC[C@]4(O)[C@@H](CCC[C@@]314)C2. The maximum absolute atomic E-state index is 12.8. The number of carboxylic acids is 1. The topological polar surface area (TPSA) is 152 Å². The van der Waals surface area contributed by atoms with Crippen molar-refractivity contribution in [2.45, 2.75) is 81.1 Å². The lowest BCUT2D eigenvalue weighted by Gasteiger charge is -2.59. The van der Waals surface area contributed by atoms with Gasteiger partial charge >= 0.3 is 11.9 Å². The first-order valence-electron chi connectivity index (χ1n) is 12.3. The Labute approximate surface area is 208 Å². The Kier molecular flexibility index (Phi) is 5.99. The Hall–Kier alpha value is -3.11. The summed E-state index contributed by atoms with van der Waals surface area (Å²) in [5, 5.41) is 33.0. The minimum Gasteiger partial charge on any atom is -0.493 e. The predicted octanol–water partition coefficient (Wildman–Crippen LogP) is 1.34. The van der Waals surface area contributed by atoms with E-state index in [2.05, 4.69) is 5.32 Å². The molecule has 1 spiro atoms. The lowest BCUT2D eigenvalue weighted by molar-refractivity contribution is -0.160. The molecule has 1 aromatic carbocycles. The van der Waals surface area contributed by atoms with Crippen molar-refractivity contribution in [1.82, 2.24) is 5.32 Å². The van der Waals surface area contributed by atoms with Crippen molar-refractivity contribution >= 4 is 17.8 Å². The number of esters is 1. The number of methoxy groups -OCH3 is 1. The lowest BCUT2D eigenvalue weighted by atomic mass is 9.47. The third-order valence-electron chi connectivity index (χ3n) is 8.33. The number of rotatable bonds is 8. The first kappa shape index (κ1) is 24.6. The summed E-state index contributed by atoms with van der Waals surface area (Å²) in [7, 11) is 1.56. The molecular weight excluding hydrogens is 470 g/mol. The van der Waals surface area contributed by atoms with E-state index in [0.29, 0.717) is 30.1 Å². The van der Waals surface area contributed by atoms with Gasteiger partial charge in [-0.25, -0.2) is 4.79 Å². The van der Waals surface area contributed by atoms with E-state index in [4.69, 9.17) is 14.2 Å². The Bertz CT molecular complexity index is 1140. The summed E-state index contributed by atoms with van der Waals surface area (Å²) in [6.07, 6.45) is 2.71. The van der Waals surface area contributed by atoms with Crippen LogP contribution in [0.15, 0.2) is 24.0 Å². The third kappa shape index (κ3) is 3.49. The second-order valence-corrected chi connectivity index (χ2v) is 10.2. The quantitative estimate of drug-likeness (QED) is 0.387. The van der Waals surface area contributed by atoms with Gasteiger partial charge in [-0.3, -0.25) is 9.59 Å². The molecule has 0 unspecified atom stereocenters. The molecule has 0 radical (unpaired) electrons. The van der Waals surface area contributed by atoms with E-state index in [1.165, 1.54) is 6.92 Å². The van der Waals surface area contributed by atoms with Crippen molar-refractivity contribution in [3.63, 3.8) is 0 Å². The second-order valence-electron chi connectivity index (χ2n) is 10.2. The molecule has 6 atom stereocenters. The van der Waals surface area contributed by atoms with E-state index < -0.39 is 47.1 Å². The summed E-state index contributed by atoms with van der Waals surface area (Å²) in [4.78, 5) is 36.0. The van der Waals surface area contributed by atoms with Crippen LogP contribution in [0.25, 0.3) is 0 Å². The highest BCUT2D eigenvalue weighted by Gasteiger charge is 2.70. The van der Waals surface area contributed by atoms with Crippen molar-refractivity contribution in [2.24, 2.45) is 5.92 Å². The van der Waals surface area contributed by atoms with Gasteiger partial charge in [0.05, 0.1) is 18.1 Å². The Morgan fingerprint density at radius 2 is 2.08 bits per heavy atom. The van der Waals surface area contributed by atoms with Crippen molar-refractivity contribution in [2.75, 3.05) is 7.11 Å². The summed E-state index contributed by atoms with van der Waals surface area (Å²) < 4.78 is 17.7. The molecule has 4 N–H and O–H groups in total.